The summed E-state index contributed by atoms with van der Waals surface area (Å²) in [5.74, 6) is 0.207. The molecular weight excluding hydrogens is 456 g/mol. The minimum Gasteiger partial charge on any atom is -0.345 e. The Kier molecular flexibility index (Phi) is 8.16. The van der Waals surface area contributed by atoms with Gasteiger partial charge in [-0.2, -0.15) is 0 Å². The quantitative estimate of drug-likeness (QED) is 0.416. The fourth-order valence-corrected chi connectivity index (χ4v) is 4.71. The molecule has 1 unspecified atom stereocenters. The molecule has 0 fully saturated rings. The lowest BCUT2D eigenvalue weighted by Crippen LogP contribution is -2.30. The minimum absolute atomic E-state index is 0.105. The third kappa shape index (κ3) is 6.83. The van der Waals surface area contributed by atoms with Crippen molar-refractivity contribution < 1.29 is 13.2 Å². The Balaban J connectivity index is 1.81. The Morgan fingerprint density at radius 1 is 0.939 bits per heavy atom. The molecule has 33 heavy (non-hydrogen) atoms. The fraction of sp³-hybridized carbons (Fsp3) is 0.269. The van der Waals surface area contributed by atoms with Crippen LogP contribution in [0.2, 0.25) is 5.02 Å². The monoisotopic (exact) mass is 484 g/mol. The van der Waals surface area contributed by atoms with E-state index in [-0.39, 0.29) is 18.5 Å². The van der Waals surface area contributed by atoms with Crippen LogP contribution >= 0.6 is 11.6 Å². The SMILES string of the molecule is CC(C)CC(NC(=O)c1ccc(N(Cc2ccccc2Cl)S(C)(=O)=O)cc1)c1ccccc1. The van der Waals surface area contributed by atoms with Crippen LogP contribution < -0.4 is 9.62 Å². The Labute approximate surface area is 201 Å². The molecule has 1 N–H and O–H groups in total. The summed E-state index contributed by atoms with van der Waals surface area (Å²) in [6.07, 6.45) is 1.97. The van der Waals surface area contributed by atoms with E-state index in [1.807, 2.05) is 36.4 Å². The topological polar surface area (TPSA) is 66.5 Å². The molecule has 7 heteroatoms. The Bertz CT molecular complexity index is 1180. The van der Waals surface area contributed by atoms with Crippen molar-refractivity contribution in [3.8, 4) is 0 Å². The zero-order valence-corrected chi connectivity index (χ0v) is 20.6. The summed E-state index contributed by atoms with van der Waals surface area (Å²) in [5, 5.41) is 3.62. The lowest BCUT2D eigenvalue weighted by Gasteiger charge is -2.24. The zero-order valence-electron chi connectivity index (χ0n) is 19.0. The number of carbonyl (C=O) groups excluding carboxylic acids is 1. The lowest BCUT2D eigenvalue weighted by atomic mass is 9.96. The maximum Gasteiger partial charge on any atom is 0.251 e. The number of halogens is 1. The van der Waals surface area contributed by atoms with E-state index in [0.29, 0.717) is 27.8 Å². The number of amides is 1. The van der Waals surface area contributed by atoms with E-state index in [9.17, 15) is 13.2 Å². The lowest BCUT2D eigenvalue weighted by molar-refractivity contribution is 0.0932. The van der Waals surface area contributed by atoms with Crippen LogP contribution in [0.1, 0.15) is 47.8 Å². The van der Waals surface area contributed by atoms with Gasteiger partial charge in [0.25, 0.3) is 5.91 Å². The average Bonchev–Trinajstić information content (AvgIpc) is 2.77. The number of hydrogen-bond donors (Lipinski definition) is 1. The Morgan fingerprint density at radius 3 is 2.12 bits per heavy atom. The van der Waals surface area contributed by atoms with Crippen molar-refractivity contribution in [1.29, 1.82) is 0 Å². The van der Waals surface area contributed by atoms with Crippen LogP contribution in [-0.2, 0) is 16.6 Å². The number of rotatable bonds is 9. The summed E-state index contributed by atoms with van der Waals surface area (Å²) in [5.41, 5.74) is 2.69. The van der Waals surface area contributed by atoms with Crippen LogP contribution in [0.5, 0.6) is 0 Å². The third-order valence-corrected chi connectivity index (χ3v) is 6.81. The van der Waals surface area contributed by atoms with Crippen molar-refractivity contribution in [1.82, 2.24) is 5.32 Å². The normalized spacial score (nSPS) is 12.4. The van der Waals surface area contributed by atoms with Crippen molar-refractivity contribution in [2.75, 3.05) is 10.6 Å². The van der Waals surface area contributed by atoms with Crippen LogP contribution in [-0.4, -0.2) is 20.6 Å². The first kappa shape index (κ1) is 24.8. The van der Waals surface area contributed by atoms with E-state index >= 15 is 0 Å². The molecule has 0 aliphatic rings. The molecular formula is C26H29ClN2O3S. The maximum absolute atomic E-state index is 13.0. The second-order valence-corrected chi connectivity index (χ2v) is 10.8. The van der Waals surface area contributed by atoms with Gasteiger partial charge in [0.1, 0.15) is 0 Å². The first-order valence-corrected chi connectivity index (χ1v) is 13.0. The van der Waals surface area contributed by atoms with Crippen molar-refractivity contribution in [2.24, 2.45) is 5.92 Å². The van der Waals surface area contributed by atoms with Gasteiger partial charge in [0.2, 0.25) is 10.0 Å². The van der Waals surface area contributed by atoms with Crippen LogP contribution in [0, 0.1) is 5.92 Å². The summed E-state index contributed by atoms with van der Waals surface area (Å²) < 4.78 is 26.2. The van der Waals surface area contributed by atoms with E-state index in [0.717, 1.165) is 18.2 Å². The van der Waals surface area contributed by atoms with Crippen molar-refractivity contribution in [3.63, 3.8) is 0 Å². The Hall–Kier alpha value is -2.83. The number of anilines is 1. The van der Waals surface area contributed by atoms with E-state index in [1.54, 1.807) is 42.5 Å². The molecule has 3 rings (SSSR count). The molecule has 0 saturated carbocycles. The predicted octanol–water partition coefficient (Wildman–Crippen LogP) is 5.82. The van der Waals surface area contributed by atoms with Crippen molar-refractivity contribution in [2.45, 2.75) is 32.9 Å². The van der Waals surface area contributed by atoms with Gasteiger partial charge in [-0.3, -0.25) is 9.10 Å². The molecule has 0 spiro atoms. The second-order valence-electron chi connectivity index (χ2n) is 8.47. The highest BCUT2D eigenvalue weighted by atomic mass is 35.5. The number of carbonyl (C=O) groups is 1. The van der Waals surface area contributed by atoms with Gasteiger partial charge in [0.15, 0.2) is 0 Å². The van der Waals surface area contributed by atoms with E-state index in [2.05, 4.69) is 19.2 Å². The van der Waals surface area contributed by atoms with Crippen molar-refractivity contribution >= 4 is 33.2 Å². The molecule has 174 valence electrons. The maximum atomic E-state index is 13.0. The molecule has 0 aliphatic carbocycles. The van der Waals surface area contributed by atoms with Crippen LogP contribution in [0.15, 0.2) is 78.9 Å². The summed E-state index contributed by atoms with van der Waals surface area (Å²) in [6.45, 7) is 4.35. The summed E-state index contributed by atoms with van der Waals surface area (Å²) in [7, 11) is -3.56. The summed E-state index contributed by atoms with van der Waals surface area (Å²) in [6, 6.07) is 23.5. The van der Waals surface area contributed by atoms with Gasteiger partial charge in [-0.15, -0.1) is 0 Å². The first-order valence-electron chi connectivity index (χ1n) is 10.8. The first-order chi connectivity index (χ1) is 15.6. The smallest absolute Gasteiger partial charge is 0.251 e. The highest BCUT2D eigenvalue weighted by molar-refractivity contribution is 7.92. The van der Waals surface area contributed by atoms with E-state index in [1.165, 1.54) is 4.31 Å². The number of sulfonamides is 1. The van der Waals surface area contributed by atoms with Gasteiger partial charge in [-0.05, 0) is 53.8 Å². The average molecular weight is 485 g/mol. The molecule has 0 heterocycles. The highest BCUT2D eigenvalue weighted by Gasteiger charge is 2.21. The van der Waals surface area contributed by atoms with Gasteiger partial charge < -0.3 is 5.32 Å². The van der Waals surface area contributed by atoms with Gasteiger partial charge in [-0.1, -0.05) is 74.0 Å². The predicted molar refractivity (Wildman–Crippen MR) is 135 cm³/mol. The number of nitrogens with one attached hydrogen (secondary N) is 1. The second kappa shape index (κ2) is 10.9. The van der Waals surface area contributed by atoms with Gasteiger partial charge in [0, 0.05) is 10.6 Å². The molecule has 0 saturated heterocycles. The molecule has 1 atom stereocenters. The number of nitrogens with zero attached hydrogens (tertiary/aromatic N) is 1. The summed E-state index contributed by atoms with van der Waals surface area (Å²) in [4.78, 5) is 13.0. The van der Waals surface area contributed by atoms with Crippen molar-refractivity contribution in [3.05, 3.63) is 101 Å². The summed E-state index contributed by atoms with van der Waals surface area (Å²) >= 11 is 6.23. The van der Waals surface area contributed by atoms with Crippen LogP contribution in [0.4, 0.5) is 5.69 Å². The fourth-order valence-electron chi connectivity index (χ4n) is 3.64. The molecule has 3 aromatic carbocycles. The van der Waals surface area contributed by atoms with Gasteiger partial charge in [-0.25, -0.2) is 8.42 Å². The molecule has 0 radical (unpaired) electrons. The van der Waals surface area contributed by atoms with Crippen LogP contribution in [0.3, 0.4) is 0 Å². The molecule has 3 aromatic rings. The van der Waals surface area contributed by atoms with Gasteiger partial charge >= 0.3 is 0 Å². The van der Waals surface area contributed by atoms with Gasteiger partial charge in [0.05, 0.1) is 24.5 Å². The number of benzene rings is 3. The van der Waals surface area contributed by atoms with E-state index < -0.39 is 10.0 Å². The molecule has 1 amide bonds. The zero-order chi connectivity index (χ0) is 24.0. The molecule has 0 aliphatic heterocycles. The largest absolute Gasteiger partial charge is 0.345 e. The molecule has 5 nitrogen and oxygen atoms in total. The molecule has 0 bridgehead atoms. The highest BCUT2D eigenvalue weighted by Crippen LogP contribution is 2.25. The number of hydrogen-bond acceptors (Lipinski definition) is 3. The van der Waals surface area contributed by atoms with E-state index in [4.69, 9.17) is 11.6 Å². The standard InChI is InChI=1S/C26H29ClN2O3S/c1-19(2)17-25(20-9-5-4-6-10-20)28-26(30)21-13-15-23(16-14-21)29(33(3,31)32)18-22-11-7-8-12-24(22)27/h4-16,19,25H,17-18H2,1-3H3,(H,28,30). The molecule has 0 aromatic heterocycles. The minimum atomic E-state index is -3.56. The Morgan fingerprint density at radius 2 is 1.55 bits per heavy atom. The third-order valence-electron chi connectivity index (χ3n) is 5.30. The van der Waals surface area contributed by atoms with Crippen LogP contribution in [0.25, 0.3) is 0 Å².